The number of imidazole rings is 1. The first-order valence-corrected chi connectivity index (χ1v) is 8.21. The summed E-state index contributed by atoms with van der Waals surface area (Å²) in [6.45, 7) is 0.854. The number of amides is 1. The number of rotatable bonds is 6. The Kier molecular flexibility index (Phi) is 4.73. The fourth-order valence-electron chi connectivity index (χ4n) is 3.28. The summed E-state index contributed by atoms with van der Waals surface area (Å²) in [5.74, 6) is 0.757. The standard InChI is InChI=1S/C17H24N4O/c1-18-12-6-11-16(22)20-17-19-14-9-4-5-10-15(14)21(17)13-7-2-3-8-13/h4-5,9-10,13,18H,2-3,6-8,11-12H2,1H3,(H,19,20,22). The van der Waals surface area contributed by atoms with Crippen LogP contribution >= 0.6 is 0 Å². The summed E-state index contributed by atoms with van der Waals surface area (Å²) < 4.78 is 2.23. The fourth-order valence-corrected chi connectivity index (χ4v) is 3.28. The highest BCUT2D eigenvalue weighted by atomic mass is 16.1. The van der Waals surface area contributed by atoms with Crippen molar-refractivity contribution in [1.29, 1.82) is 0 Å². The average molecular weight is 300 g/mol. The number of benzene rings is 1. The molecule has 22 heavy (non-hydrogen) atoms. The third-order valence-corrected chi connectivity index (χ3v) is 4.37. The predicted molar refractivity (Wildman–Crippen MR) is 89.0 cm³/mol. The zero-order valence-electron chi connectivity index (χ0n) is 13.1. The first kappa shape index (κ1) is 15.0. The normalized spacial score (nSPS) is 15.5. The number of para-hydroxylation sites is 2. The summed E-state index contributed by atoms with van der Waals surface area (Å²) in [6.07, 6.45) is 6.21. The van der Waals surface area contributed by atoms with Gasteiger partial charge in [0.1, 0.15) is 0 Å². The third kappa shape index (κ3) is 3.14. The maximum atomic E-state index is 12.1. The molecule has 0 bridgehead atoms. The lowest BCUT2D eigenvalue weighted by Crippen LogP contribution is -2.19. The van der Waals surface area contributed by atoms with Crippen molar-refractivity contribution >= 4 is 22.9 Å². The van der Waals surface area contributed by atoms with Gasteiger partial charge in [0.15, 0.2) is 0 Å². The molecule has 0 saturated heterocycles. The molecule has 0 radical (unpaired) electrons. The van der Waals surface area contributed by atoms with E-state index in [0.29, 0.717) is 18.4 Å². The van der Waals surface area contributed by atoms with Crippen LogP contribution in [0.1, 0.15) is 44.6 Å². The van der Waals surface area contributed by atoms with Crippen LogP contribution in [0.3, 0.4) is 0 Å². The largest absolute Gasteiger partial charge is 0.320 e. The molecule has 3 rings (SSSR count). The monoisotopic (exact) mass is 300 g/mol. The molecule has 0 unspecified atom stereocenters. The lowest BCUT2D eigenvalue weighted by molar-refractivity contribution is -0.116. The van der Waals surface area contributed by atoms with Crippen molar-refractivity contribution in [3.63, 3.8) is 0 Å². The lowest BCUT2D eigenvalue weighted by atomic mass is 10.2. The molecule has 118 valence electrons. The van der Waals surface area contributed by atoms with Crippen LogP contribution in [-0.2, 0) is 4.79 Å². The molecule has 1 aliphatic rings. The Bertz CT molecular complexity index is 643. The predicted octanol–water partition coefficient (Wildman–Crippen LogP) is 3.09. The van der Waals surface area contributed by atoms with Crippen molar-refractivity contribution in [3.8, 4) is 0 Å². The Morgan fingerprint density at radius 1 is 1.32 bits per heavy atom. The summed E-state index contributed by atoms with van der Waals surface area (Å²) in [7, 11) is 1.90. The van der Waals surface area contributed by atoms with Gasteiger partial charge in [-0.3, -0.25) is 10.1 Å². The van der Waals surface area contributed by atoms with E-state index < -0.39 is 0 Å². The van der Waals surface area contributed by atoms with Crippen LogP contribution in [0, 0.1) is 0 Å². The number of aromatic nitrogens is 2. The Balaban J connectivity index is 1.84. The molecule has 0 aliphatic heterocycles. The molecule has 1 amide bonds. The molecule has 5 nitrogen and oxygen atoms in total. The van der Waals surface area contributed by atoms with Gasteiger partial charge in [-0.2, -0.15) is 0 Å². The highest BCUT2D eigenvalue weighted by molar-refractivity contribution is 5.91. The minimum Gasteiger partial charge on any atom is -0.320 e. The number of nitrogens with one attached hydrogen (secondary N) is 2. The Morgan fingerprint density at radius 3 is 2.86 bits per heavy atom. The van der Waals surface area contributed by atoms with Crippen LogP contribution in [0.2, 0.25) is 0 Å². The van der Waals surface area contributed by atoms with Gasteiger partial charge in [-0.1, -0.05) is 25.0 Å². The van der Waals surface area contributed by atoms with E-state index in [0.717, 1.165) is 24.0 Å². The molecule has 2 N–H and O–H groups in total. The zero-order chi connectivity index (χ0) is 15.4. The van der Waals surface area contributed by atoms with Gasteiger partial charge in [0.05, 0.1) is 11.0 Å². The van der Waals surface area contributed by atoms with E-state index in [9.17, 15) is 4.79 Å². The number of carbonyl (C=O) groups is 1. The third-order valence-electron chi connectivity index (χ3n) is 4.37. The van der Waals surface area contributed by atoms with Gasteiger partial charge in [0, 0.05) is 12.5 Å². The first-order valence-electron chi connectivity index (χ1n) is 8.21. The van der Waals surface area contributed by atoms with Crippen LogP contribution in [0.25, 0.3) is 11.0 Å². The molecule has 0 atom stereocenters. The molecule has 2 aromatic rings. The van der Waals surface area contributed by atoms with E-state index in [1.54, 1.807) is 0 Å². The summed E-state index contributed by atoms with van der Waals surface area (Å²) >= 11 is 0. The topological polar surface area (TPSA) is 59.0 Å². The van der Waals surface area contributed by atoms with Gasteiger partial charge in [-0.15, -0.1) is 0 Å². The first-order chi connectivity index (χ1) is 10.8. The smallest absolute Gasteiger partial charge is 0.226 e. The van der Waals surface area contributed by atoms with E-state index in [1.165, 1.54) is 25.7 Å². The maximum absolute atomic E-state index is 12.1. The Labute approximate surface area is 131 Å². The van der Waals surface area contributed by atoms with Crippen molar-refractivity contribution in [2.24, 2.45) is 0 Å². The van der Waals surface area contributed by atoms with Gasteiger partial charge < -0.3 is 9.88 Å². The van der Waals surface area contributed by atoms with E-state index in [4.69, 9.17) is 0 Å². The molecule has 5 heteroatoms. The summed E-state index contributed by atoms with van der Waals surface area (Å²) in [4.78, 5) is 16.8. The van der Waals surface area contributed by atoms with Crippen LogP contribution < -0.4 is 10.6 Å². The van der Waals surface area contributed by atoms with Gasteiger partial charge in [0.2, 0.25) is 11.9 Å². The molecule has 1 saturated carbocycles. The fraction of sp³-hybridized carbons (Fsp3) is 0.529. The number of carbonyl (C=O) groups excluding carboxylic acids is 1. The molecular formula is C17H24N4O. The van der Waals surface area contributed by atoms with Crippen molar-refractivity contribution in [2.75, 3.05) is 18.9 Å². The number of hydrogen-bond donors (Lipinski definition) is 2. The quantitative estimate of drug-likeness (QED) is 0.806. The van der Waals surface area contributed by atoms with Crippen molar-refractivity contribution in [2.45, 2.75) is 44.6 Å². The molecule has 0 spiro atoms. The molecule has 1 heterocycles. The molecule has 1 aliphatic carbocycles. The van der Waals surface area contributed by atoms with Crippen molar-refractivity contribution in [3.05, 3.63) is 24.3 Å². The molecule has 1 aromatic heterocycles. The van der Waals surface area contributed by atoms with Crippen LogP contribution in [0.15, 0.2) is 24.3 Å². The SMILES string of the molecule is CNCCCC(=O)Nc1nc2ccccc2n1C1CCCC1. The Morgan fingerprint density at radius 2 is 2.09 bits per heavy atom. The highest BCUT2D eigenvalue weighted by Gasteiger charge is 2.23. The van der Waals surface area contributed by atoms with E-state index in [1.807, 2.05) is 25.2 Å². The minimum absolute atomic E-state index is 0.0461. The number of fused-ring (bicyclic) bond motifs is 1. The second kappa shape index (κ2) is 6.92. The van der Waals surface area contributed by atoms with Crippen molar-refractivity contribution in [1.82, 2.24) is 14.9 Å². The second-order valence-electron chi connectivity index (χ2n) is 5.99. The van der Waals surface area contributed by atoms with Gasteiger partial charge in [-0.05, 0) is 45.0 Å². The average Bonchev–Trinajstić information content (AvgIpc) is 3.13. The van der Waals surface area contributed by atoms with E-state index in [2.05, 4.69) is 26.3 Å². The summed E-state index contributed by atoms with van der Waals surface area (Å²) in [5, 5.41) is 6.08. The van der Waals surface area contributed by atoms with Crippen LogP contribution in [0.4, 0.5) is 5.95 Å². The van der Waals surface area contributed by atoms with E-state index >= 15 is 0 Å². The molecule has 1 fully saturated rings. The van der Waals surface area contributed by atoms with Crippen molar-refractivity contribution < 1.29 is 4.79 Å². The summed E-state index contributed by atoms with van der Waals surface area (Å²) in [6, 6.07) is 8.59. The summed E-state index contributed by atoms with van der Waals surface area (Å²) in [5.41, 5.74) is 2.08. The maximum Gasteiger partial charge on any atom is 0.226 e. The highest BCUT2D eigenvalue weighted by Crippen LogP contribution is 2.35. The lowest BCUT2D eigenvalue weighted by Gasteiger charge is -2.16. The number of anilines is 1. The molecule has 1 aromatic carbocycles. The van der Waals surface area contributed by atoms with E-state index in [-0.39, 0.29) is 5.91 Å². The minimum atomic E-state index is 0.0461. The van der Waals surface area contributed by atoms with Gasteiger partial charge in [-0.25, -0.2) is 4.98 Å². The van der Waals surface area contributed by atoms with Gasteiger partial charge >= 0.3 is 0 Å². The number of nitrogens with zero attached hydrogens (tertiary/aromatic N) is 2. The van der Waals surface area contributed by atoms with Gasteiger partial charge in [0.25, 0.3) is 0 Å². The zero-order valence-corrected chi connectivity index (χ0v) is 13.1. The Hall–Kier alpha value is -1.88. The molecular weight excluding hydrogens is 276 g/mol. The number of hydrogen-bond acceptors (Lipinski definition) is 3. The second-order valence-corrected chi connectivity index (χ2v) is 5.99. The van der Waals surface area contributed by atoms with Crippen LogP contribution in [-0.4, -0.2) is 29.1 Å². The van der Waals surface area contributed by atoms with Crippen LogP contribution in [0.5, 0.6) is 0 Å².